The van der Waals surface area contributed by atoms with E-state index in [1.165, 1.54) is 21.6 Å². The summed E-state index contributed by atoms with van der Waals surface area (Å²) in [5, 5.41) is 4.56. The average molecular weight is 390 g/mol. The monoisotopic (exact) mass is 389 g/mol. The highest BCUT2D eigenvalue weighted by Gasteiger charge is 2.17. The molecular formula is C23H23N3OS. The molecule has 0 aliphatic rings. The van der Waals surface area contributed by atoms with Crippen molar-refractivity contribution in [1.29, 1.82) is 0 Å². The molecule has 28 heavy (non-hydrogen) atoms. The summed E-state index contributed by atoms with van der Waals surface area (Å²) in [4.78, 5) is 11.3. The second kappa shape index (κ2) is 7.60. The van der Waals surface area contributed by atoms with Gasteiger partial charge in [-0.1, -0.05) is 18.2 Å². The summed E-state index contributed by atoms with van der Waals surface area (Å²) >= 11 is 1.70. The fraction of sp³-hybridized carbons (Fsp3) is 0.217. The first kappa shape index (κ1) is 18.4. The first-order valence-electron chi connectivity index (χ1n) is 9.38. The molecule has 0 aliphatic carbocycles. The minimum absolute atomic E-state index is 0.664. The van der Waals surface area contributed by atoms with Crippen LogP contribution in [-0.2, 0) is 0 Å². The number of hydrogen-bond acceptors (Lipinski definition) is 5. The van der Waals surface area contributed by atoms with E-state index in [1.807, 2.05) is 19.1 Å². The van der Waals surface area contributed by atoms with E-state index in [1.54, 1.807) is 17.7 Å². The zero-order valence-corrected chi connectivity index (χ0v) is 17.4. The lowest BCUT2D eigenvalue weighted by Gasteiger charge is -2.11. The van der Waals surface area contributed by atoms with Gasteiger partial charge in [0.2, 0.25) is 0 Å². The molecule has 4 nitrogen and oxygen atoms in total. The number of nitrogens with one attached hydrogen (secondary N) is 1. The Bertz CT molecular complexity index is 1130. The Morgan fingerprint density at radius 3 is 2.46 bits per heavy atom. The molecule has 4 aromatic rings. The van der Waals surface area contributed by atoms with Crippen LogP contribution in [0.2, 0.25) is 0 Å². The lowest BCUT2D eigenvalue weighted by molar-refractivity contribution is 0.340. The van der Waals surface area contributed by atoms with E-state index in [9.17, 15) is 0 Å². The van der Waals surface area contributed by atoms with Crippen molar-refractivity contribution in [3.63, 3.8) is 0 Å². The van der Waals surface area contributed by atoms with Crippen molar-refractivity contribution >= 4 is 33.1 Å². The summed E-state index contributed by atoms with van der Waals surface area (Å²) in [5.41, 5.74) is 5.88. The molecule has 5 heteroatoms. The predicted octanol–water partition coefficient (Wildman–Crippen LogP) is 6.43. The molecule has 0 spiro atoms. The molecule has 0 aliphatic heterocycles. The maximum absolute atomic E-state index is 5.59. The number of benzene rings is 2. The van der Waals surface area contributed by atoms with Gasteiger partial charge in [-0.05, 0) is 68.7 Å². The molecule has 0 fully saturated rings. The van der Waals surface area contributed by atoms with E-state index < -0.39 is 0 Å². The van der Waals surface area contributed by atoms with Crippen LogP contribution in [0.15, 0.2) is 48.8 Å². The number of anilines is 2. The van der Waals surface area contributed by atoms with Crippen LogP contribution in [0.3, 0.4) is 0 Å². The van der Waals surface area contributed by atoms with E-state index in [0.717, 1.165) is 33.0 Å². The van der Waals surface area contributed by atoms with E-state index >= 15 is 0 Å². The zero-order valence-electron chi connectivity index (χ0n) is 16.5. The summed E-state index contributed by atoms with van der Waals surface area (Å²) in [7, 11) is 0. The topological polar surface area (TPSA) is 47.0 Å². The van der Waals surface area contributed by atoms with Crippen molar-refractivity contribution < 1.29 is 4.74 Å². The van der Waals surface area contributed by atoms with Gasteiger partial charge in [0, 0.05) is 16.1 Å². The summed E-state index contributed by atoms with van der Waals surface area (Å²) in [5.74, 6) is 1.72. The van der Waals surface area contributed by atoms with E-state index in [4.69, 9.17) is 4.74 Å². The van der Waals surface area contributed by atoms with E-state index in [-0.39, 0.29) is 0 Å². The fourth-order valence-electron chi connectivity index (χ4n) is 3.33. The second-order valence-corrected chi connectivity index (χ2v) is 8.02. The Balaban J connectivity index is 1.81. The Morgan fingerprint density at radius 1 is 0.964 bits per heavy atom. The van der Waals surface area contributed by atoms with Crippen molar-refractivity contribution in [2.45, 2.75) is 27.7 Å². The largest absolute Gasteiger partial charge is 0.494 e. The molecule has 0 radical (unpaired) electrons. The van der Waals surface area contributed by atoms with Crippen LogP contribution < -0.4 is 10.1 Å². The molecule has 0 atom stereocenters. The van der Waals surface area contributed by atoms with Crippen molar-refractivity contribution in [3.8, 4) is 16.9 Å². The molecular weight excluding hydrogens is 366 g/mol. The van der Waals surface area contributed by atoms with Crippen LogP contribution in [0.25, 0.3) is 21.3 Å². The summed E-state index contributed by atoms with van der Waals surface area (Å²) in [6.45, 7) is 9.03. The molecule has 142 valence electrons. The predicted molar refractivity (Wildman–Crippen MR) is 118 cm³/mol. The van der Waals surface area contributed by atoms with Gasteiger partial charge in [0.15, 0.2) is 0 Å². The van der Waals surface area contributed by atoms with Gasteiger partial charge in [-0.25, -0.2) is 9.97 Å². The molecule has 0 amide bonds. The first-order chi connectivity index (χ1) is 13.6. The van der Waals surface area contributed by atoms with Crippen molar-refractivity contribution in [1.82, 2.24) is 9.97 Å². The minimum Gasteiger partial charge on any atom is -0.494 e. The normalized spacial score (nSPS) is 11.0. The fourth-order valence-corrected chi connectivity index (χ4v) is 4.34. The van der Waals surface area contributed by atoms with E-state index in [0.29, 0.717) is 6.61 Å². The highest BCUT2D eigenvalue weighted by molar-refractivity contribution is 7.19. The number of nitrogens with zero attached hydrogens (tertiary/aromatic N) is 2. The third-order valence-corrected chi connectivity index (χ3v) is 5.90. The molecule has 0 unspecified atom stereocenters. The number of aromatic nitrogens is 2. The summed E-state index contributed by atoms with van der Waals surface area (Å²) < 4.78 is 5.59. The highest BCUT2D eigenvalue weighted by Crippen LogP contribution is 2.41. The van der Waals surface area contributed by atoms with Gasteiger partial charge in [-0.15, -0.1) is 11.3 Å². The van der Waals surface area contributed by atoms with Crippen molar-refractivity contribution in [2.24, 2.45) is 0 Å². The smallest absolute Gasteiger partial charge is 0.143 e. The minimum atomic E-state index is 0.664. The van der Waals surface area contributed by atoms with Crippen LogP contribution in [0.1, 0.15) is 22.9 Å². The molecule has 0 saturated carbocycles. The Hall–Kier alpha value is -2.92. The first-order valence-corrected chi connectivity index (χ1v) is 10.2. The lowest BCUT2D eigenvalue weighted by atomic mass is 10.0. The lowest BCUT2D eigenvalue weighted by Crippen LogP contribution is -1.97. The zero-order chi connectivity index (χ0) is 19.7. The molecule has 4 rings (SSSR count). The van der Waals surface area contributed by atoms with Gasteiger partial charge in [0.05, 0.1) is 12.0 Å². The number of hydrogen-bond donors (Lipinski definition) is 1. The maximum atomic E-state index is 5.59. The van der Waals surface area contributed by atoms with Gasteiger partial charge in [0.1, 0.15) is 22.7 Å². The van der Waals surface area contributed by atoms with Crippen LogP contribution >= 0.6 is 11.3 Å². The number of ether oxygens (including phenoxy) is 1. The van der Waals surface area contributed by atoms with Crippen LogP contribution in [0, 0.1) is 20.8 Å². The van der Waals surface area contributed by atoms with Gasteiger partial charge < -0.3 is 10.1 Å². The second-order valence-electron chi connectivity index (χ2n) is 6.82. The third kappa shape index (κ3) is 3.45. The standard InChI is InChI=1S/C23H23N3OS/c1-5-27-19-10-7-17(8-11-19)20-16(4)28-23-21(20)22(24-13-25-23)26-18-9-6-14(2)15(3)12-18/h6-13H,5H2,1-4H3,(H,24,25,26). The van der Waals surface area contributed by atoms with Gasteiger partial charge >= 0.3 is 0 Å². The van der Waals surface area contributed by atoms with Crippen LogP contribution in [-0.4, -0.2) is 16.6 Å². The number of aryl methyl sites for hydroxylation is 3. The summed E-state index contributed by atoms with van der Waals surface area (Å²) in [6.07, 6.45) is 1.63. The molecule has 0 saturated heterocycles. The molecule has 2 aromatic carbocycles. The maximum Gasteiger partial charge on any atom is 0.143 e. The van der Waals surface area contributed by atoms with Gasteiger partial charge in [-0.2, -0.15) is 0 Å². The quantitative estimate of drug-likeness (QED) is 0.427. The Kier molecular flexibility index (Phi) is 5.01. The van der Waals surface area contributed by atoms with Crippen LogP contribution in [0.4, 0.5) is 11.5 Å². The number of thiophene rings is 1. The SMILES string of the molecule is CCOc1ccc(-c2c(C)sc3ncnc(Nc4ccc(C)c(C)c4)c23)cc1. The van der Waals surface area contributed by atoms with E-state index in [2.05, 4.69) is 66.4 Å². The molecule has 0 bridgehead atoms. The third-order valence-electron chi connectivity index (χ3n) is 4.89. The van der Waals surface area contributed by atoms with Gasteiger partial charge in [0.25, 0.3) is 0 Å². The number of fused-ring (bicyclic) bond motifs is 1. The van der Waals surface area contributed by atoms with Crippen molar-refractivity contribution in [2.75, 3.05) is 11.9 Å². The summed E-state index contributed by atoms with van der Waals surface area (Å²) in [6, 6.07) is 14.6. The Morgan fingerprint density at radius 2 is 1.75 bits per heavy atom. The molecule has 1 N–H and O–H groups in total. The highest BCUT2D eigenvalue weighted by atomic mass is 32.1. The average Bonchev–Trinajstić information content (AvgIpc) is 3.02. The Labute approximate surface area is 169 Å². The van der Waals surface area contributed by atoms with Gasteiger partial charge in [-0.3, -0.25) is 0 Å². The van der Waals surface area contributed by atoms with Crippen LogP contribution in [0.5, 0.6) is 5.75 Å². The molecule has 2 heterocycles. The molecule has 2 aromatic heterocycles. The van der Waals surface area contributed by atoms with Crippen molar-refractivity contribution in [3.05, 3.63) is 64.8 Å². The number of rotatable bonds is 5.